The second kappa shape index (κ2) is 6.07. The van der Waals surface area contributed by atoms with Gasteiger partial charge >= 0.3 is 6.09 Å². The van der Waals surface area contributed by atoms with Crippen LogP contribution in [0.25, 0.3) is 0 Å². The minimum Gasteiger partial charge on any atom is -0.465 e. The number of nitrogens with one attached hydrogen (secondary N) is 1. The fourth-order valence-electron chi connectivity index (χ4n) is 2.53. The smallest absolute Gasteiger partial charge is 0.410 e. The van der Waals surface area contributed by atoms with Crippen molar-refractivity contribution in [3.63, 3.8) is 0 Å². The summed E-state index contributed by atoms with van der Waals surface area (Å²) in [5.74, 6) is -2.63. The van der Waals surface area contributed by atoms with Gasteiger partial charge in [-0.3, -0.25) is 19.4 Å². The molecule has 0 fully saturated rings. The number of amidine groups is 1. The fourth-order valence-corrected chi connectivity index (χ4v) is 4.26. The number of nitrogens with zero attached hydrogens (tertiary/aromatic N) is 1. The molecule has 7 nitrogen and oxygen atoms in total. The molecule has 1 atom stereocenters. The predicted molar refractivity (Wildman–Crippen MR) is 88.9 cm³/mol. The van der Waals surface area contributed by atoms with Crippen LogP contribution in [0, 0.1) is 5.82 Å². The number of nitrogen functional groups attached to an aromatic ring is 1. The molecule has 1 aliphatic heterocycles. The van der Waals surface area contributed by atoms with E-state index >= 15 is 0 Å². The van der Waals surface area contributed by atoms with E-state index in [1.165, 1.54) is 13.8 Å². The van der Waals surface area contributed by atoms with E-state index in [0.717, 1.165) is 18.2 Å². The molecule has 0 aromatic heterocycles. The first kappa shape index (κ1) is 19.3. The standard InChI is InChI=1S/C14H18F3N3O4S/c1-13(2)11(19-12(21)22)20-14(10(16)17,6-25(13,23)24)8-5-7(18)3-4-9(8)15/h3-5,10,23-24H,6,18H2,1-2H3,(H,19,20)(H,21,22). The van der Waals surface area contributed by atoms with Gasteiger partial charge in [0.1, 0.15) is 16.4 Å². The van der Waals surface area contributed by atoms with Crippen LogP contribution in [0.5, 0.6) is 0 Å². The Morgan fingerprint density at radius 2 is 2.00 bits per heavy atom. The van der Waals surface area contributed by atoms with Gasteiger partial charge in [-0.05, 0) is 32.0 Å². The van der Waals surface area contributed by atoms with Gasteiger partial charge in [-0.15, -0.1) is 0 Å². The van der Waals surface area contributed by atoms with Crippen molar-refractivity contribution in [3.05, 3.63) is 29.6 Å². The minimum absolute atomic E-state index is 0.0271. The number of hydrogen-bond acceptors (Lipinski definition) is 5. The SMILES string of the molecule is CC1(C)C(NC(=O)O)=NC(c2cc(N)ccc2F)(C(F)F)CS1(O)O. The van der Waals surface area contributed by atoms with Crippen LogP contribution in [-0.4, -0.2) is 43.1 Å². The zero-order valence-corrected chi connectivity index (χ0v) is 14.1. The summed E-state index contributed by atoms with van der Waals surface area (Å²) in [7, 11) is -3.83. The zero-order chi connectivity index (χ0) is 19.2. The van der Waals surface area contributed by atoms with Gasteiger partial charge in [0, 0.05) is 11.3 Å². The van der Waals surface area contributed by atoms with Gasteiger partial charge in [-0.1, -0.05) is 0 Å². The molecular weight excluding hydrogens is 363 g/mol. The van der Waals surface area contributed by atoms with Crippen LogP contribution in [0.1, 0.15) is 19.4 Å². The predicted octanol–water partition coefficient (Wildman–Crippen LogP) is 3.08. The number of rotatable bonds is 2. The molecule has 1 heterocycles. The first-order valence-electron chi connectivity index (χ1n) is 7.03. The summed E-state index contributed by atoms with van der Waals surface area (Å²) in [6, 6.07) is 2.94. The van der Waals surface area contributed by atoms with Gasteiger partial charge in [0.25, 0.3) is 6.43 Å². The summed E-state index contributed by atoms with van der Waals surface area (Å²) < 4.78 is 61.4. The largest absolute Gasteiger partial charge is 0.465 e. The molecule has 6 N–H and O–H groups in total. The van der Waals surface area contributed by atoms with E-state index in [-0.39, 0.29) is 5.69 Å². The Morgan fingerprint density at radius 1 is 1.40 bits per heavy atom. The highest BCUT2D eigenvalue weighted by molar-refractivity contribution is 8.26. The van der Waals surface area contributed by atoms with Gasteiger partial charge in [0.05, 0.1) is 5.75 Å². The molecule has 0 radical (unpaired) electrons. The van der Waals surface area contributed by atoms with Crippen LogP contribution in [0.15, 0.2) is 23.2 Å². The van der Waals surface area contributed by atoms with Gasteiger partial charge in [0.15, 0.2) is 5.54 Å². The third kappa shape index (κ3) is 3.14. The lowest BCUT2D eigenvalue weighted by Gasteiger charge is -2.54. The molecule has 1 unspecified atom stereocenters. The molecule has 25 heavy (non-hydrogen) atoms. The van der Waals surface area contributed by atoms with Gasteiger partial charge in [-0.25, -0.2) is 18.0 Å². The van der Waals surface area contributed by atoms with Crippen molar-refractivity contribution in [2.45, 2.75) is 30.6 Å². The summed E-state index contributed by atoms with van der Waals surface area (Å²) >= 11 is 0. The number of halogens is 3. The molecule has 1 amide bonds. The van der Waals surface area contributed by atoms with E-state index < -0.39 is 56.4 Å². The van der Waals surface area contributed by atoms with Crippen LogP contribution < -0.4 is 11.1 Å². The third-order valence-corrected chi connectivity index (χ3v) is 6.83. The Morgan fingerprint density at radius 3 is 2.52 bits per heavy atom. The summed E-state index contributed by atoms with van der Waals surface area (Å²) in [6.07, 6.45) is -4.98. The Hall–Kier alpha value is -1.98. The summed E-state index contributed by atoms with van der Waals surface area (Å²) in [6.45, 7) is 2.50. The fraction of sp³-hybridized carbons (Fsp3) is 0.429. The molecule has 0 aliphatic carbocycles. The number of anilines is 1. The second-order valence-electron chi connectivity index (χ2n) is 6.18. The summed E-state index contributed by atoms with van der Waals surface area (Å²) in [5.41, 5.74) is 2.19. The van der Waals surface area contributed by atoms with E-state index in [2.05, 4.69) is 4.99 Å². The molecule has 1 aromatic carbocycles. The first-order valence-corrected chi connectivity index (χ1v) is 8.74. The van der Waals surface area contributed by atoms with Crippen LogP contribution in [0.4, 0.5) is 23.7 Å². The highest BCUT2D eigenvalue weighted by Gasteiger charge is 2.56. The number of carboxylic acid groups (broad SMARTS) is 1. The van der Waals surface area contributed by atoms with E-state index in [1.807, 2.05) is 5.32 Å². The maximum absolute atomic E-state index is 14.2. The average Bonchev–Trinajstić information content (AvgIpc) is 2.45. The van der Waals surface area contributed by atoms with Gasteiger partial charge in [-0.2, -0.15) is 10.6 Å². The average molecular weight is 381 g/mol. The molecule has 1 aliphatic rings. The molecule has 11 heteroatoms. The molecule has 140 valence electrons. The van der Waals surface area contributed by atoms with Crippen LogP contribution in [-0.2, 0) is 5.54 Å². The molecule has 0 saturated carbocycles. The maximum atomic E-state index is 14.2. The number of alkyl halides is 2. The maximum Gasteiger partial charge on any atom is 0.410 e. The van der Waals surface area contributed by atoms with Crippen LogP contribution in [0.3, 0.4) is 0 Å². The number of hydrogen-bond donors (Lipinski definition) is 5. The van der Waals surface area contributed by atoms with E-state index in [4.69, 9.17) is 10.8 Å². The topological polar surface area (TPSA) is 128 Å². The molecular formula is C14H18F3N3O4S. The van der Waals surface area contributed by atoms with Crippen LogP contribution in [0.2, 0.25) is 0 Å². The van der Waals surface area contributed by atoms with Crippen molar-refractivity contribution in [3.8, 4) is 0 Å². The second-order valence-corrected chi connectivity index (χ2v) is 8.82. The number of amides is 1. The lowest BCUT2D eigenvalue weighted by molar-refractivity contribution is 0.0606. The van der Waals surface area contributed by atoms with Crippen molar-refractivity contribution in [2.75, 3.05) is 11.5 Å². The Labute approximate surface area is 143 Å². The van der Waals surface area contributed by atoms with Crippen molar-refractivity contribution < 1.29 is 32.2 Å². The molecule has 2 rings (SSSR count). The molecule has 0 saturated heterocycles. The highest BCUT2D eigenvalue weighted by Crippen LogP contribution is 2.61. The van der Waals surface area contributed by atoms with Crippen molar-refractivity contribution in [1.82, 2.24) is 5.32 Å². The van der Waals surface area contributed by atoms with E-state index in [0.29, 0.717) is 0 Å². The van der Waals surface area contributed by atoms with Crippen molar-refractivity contribution in [1.29, 1.82) is 0 Å². The number of carbonyl (C=O) groups is 1. The highest BCUT2D eigenvalue weighted by atomic mass is 32.3. The van der Waals surface area contributed by atoms with Crippen molar-refractivity contribution in [2.24, 2.45) is 4.99 Å². The molecule has 1 aromatic rings. The number of aliphatic imine (C=N–C) groups is 1. The Balaban J connectivity index is 2.80. The van der Waals surface area contributed by atoms with E-state index in [1.54, 1.807) is 0 Å². The zero-order valence-electron chi connectivity index (χ0n) is 13.3. The Kier molecular flexibility index (Phi) is 4.70. The molecule has 0 bridgehead atoms. The van der Waals surface area contributed by atoms with Gasteiger partial charge < -0.3 is 10.8 Å². The van der Waals surface area contributed by atoms with Gasteiger partial charge in [0.2, 0.25) is 0 Å². The lowest BCUT2D eigenvalue weighted by atomic mass is 9.91. The minimum atomic E-state index is -3.83. The lowest BCUT2D eigenvalue weighted by Crippen LogP contribution is -2.57. The Bertz CT molecular complexity index is 742. The summed E-state index contributed by atoms with van der Waals surface area (Å²) in [5, 5.41) is 10.7. The normalized spacial score (nSPS) is 26.0. The molecule has 0 spiro atoms. The van der Waals surface area contributed by atoms with Crippen LogP contribution >= 0.6 is 10.6 Å². The van der Waals surface area contributed by atoms with Crippen molar-refractivity contribution >= 4 is 28.2 Å². The number of nitrogens with two attached hydrogens (primary N) is 1. The summed E-state index contributed by atoms with van der Waals surface area (Å²) in [4.78, 5) is 14.7. The third-order valence-electron chi connectivity index (χ3n) is 4.16. The number of benzene rings is 1. The van der Waals surface area contributed by atoms with E-state index in [9.17, 15) is 27.1 Å². The quantitative estimate of drug-likeness (QED) is 0.503. The monoisotopic (exact) mass is 381 g/mol. The first-order chi connectivity index (χ1) is 11.3.